The Morgan fingerprint density at radius 3 is 2.59 bits per heavy atom. The Balaban J connectivity index is 1.84. The Kier molecular flexibility index (Phi) is 7.77. The molecule has 0 aliphatic carbocycles. The first-order valence-electron chi connectivity index (χ1n) is 6.80. The summed E-state index contributed by atoms with van der Waals surface area (Å²) in [6.45, 7) is 7.33. The van der Waals surface area contributed by atoms with Crippen LogP contribution in [0.2, 0.25) is 0 Å². The topological polar surface area (TPSA) is 27.7 Å². The molecule has 0 aromatic rings. The molecule has 1 fully saturated rings. The fourth-order valence-corrected chi connectivity index (χ4v) is 2.07. The van der Waals surface area contributed by atoms with Crippen LogP contribution in [0.25, 0.3) is 0 Å². The third-order valence-electron chi connectivity index (χ3n) is 3.38. The number of likely N-dealkylation sites (tertiary alicyclic amines) is 1. The van der Waals surface area contributed by atoms with Crippen molar-refractivity contribution < 1.29 is 4.74 Å². The largest absolute Gasteiger partial charge is 0.379 e. The molecule has 0 aromatic carbocycles. The number of nitrogens with zero attached hydrogens (tertiary/aromatic N) is 2. The van der Waals surface area contributed by atoms with Crippen LogP contribution in [0.1, 0.15) is 12.8 Å². The van der Waals surface area contributed by atoms with E-state index < -0.39 is 0 Å². The maximum Gasteiger partial charge on any atom is 0.0593 e. The summed E-state index contributed by atoms with van der Waals surface area (Å²) in [7, 11) is 6.35. The average molecular weight is 243 g/mol. The molecule has 17 heavy (non-hydrogen) atoms. The van der Waals surface area contributed by atoms with E-state index in [9.17, 15) is 0 Å². The highest BCUT2D eigenvalue weighted by Crippen LogP contribution is 2.14. The van der Waals surface area contributed by atoms with Crippen LogP contribution in [0, 0.1) is 5.92 Å². The Morgan fingerprint density at radius 1 is 1.24 bits per heavy atom. The van der Waals surface area contributed by atoms with Gasteiger partial charge in [0.05, 0.1) is 13.2 Å². The van der Waals surface area contributed by atoms with Crippen molar-refractivity contribution in [2.45, 2.75) is 12.8 Å². The van der Waals surface area contributed by atoms with Crippen LogP contribution >= 0.6 is 0 Å². The Labute approximate surface area is 106 Å². The van der Waals surface area contributed by atoms with Crippen molar-refractivity contribution >= 4 is 0 Å². The zero-order valence-electron chi connectivity index (χ0n) is 11.7. The average Bonchev–Trinajstić information content (AvgIpc) is 2.30. The van der Waals surface area contributed by atoms with Crippen molar-refractivity contribution in [3.63, 3.8) is 0 Å². The van der Waals surface area contributed by atoms with Gasteiger partial charge >= 0.3 is 0 Å². The molecule has 1 aliphatic rings. The molecule has 4 nitrogen and oxygen atoms in total. The molecule has 0 spiro atoms. The van der Waals surface area contributed by atoms with Crippen LogP contribution < -0.4 is 5.32 Å². The van der Waals surface area contributed by atoms with E-state index in [1.54, 1.807) is 0 Å². The van der Waals surface area contributed by atoms with Gasteiger partial charge in [0.15, 0.2) is 0 Å². The maximum absolute atomic E-state index is 5.54. The minimum Gasteiger partial charge on any atom is -0.379 e. The molecule has 1 N–H and O–H groups in total. The van der Waals surface area contributed by atoms with Crippen LogP contribution in [-0.4, -0.2) is 76.9 Å². The number of hydrogen-bond donors (Lipinski definition) is 1. The highest BCUT2D eigenvalue weighted by atomic mass is 16.5. The summed E-state index contributed by atoms with van der Waals surface area (Å²) in [4.78, 5) is 4.56. The van der Waals surface area contributed by atoms with Gasteiger partial charge in [-0.15, -0.1) is 0 Å². The van der Waals surface area contributed by atoms with E-state index in [1.807, 2.05) is 0 Å². The lowest BCUT2D eigenvalue weighted by molar-refractivity contribution is 0.117. The second-order valence-electron chi connectivity index (χ2n) is 5.37. The number of nitrogens with one attached hydrogen (secondary N) is 1. The standard InChI is InChI=1S/C13H29N3O/c1-15(2)9-11-17-10-6-14-12-13-4-7-16(3)8-5-13/h13-14H,4-12H2,1-3H3. The molecule has 0 unspecified atom stereocenters. The number of ether oxygens (including phenoxy) is 1. The zero-order chi connectivity index (χ0) is 12.5. The molecular weight excluding hydrogens is 214 g/mol. The predicted octanol–water partition coefficient (Wildman–Crippen LogP) is 0.496. The molecule has 1 saturated heterocycles. The van der Waals surface area contributed by atoms with Crippen molar-refractivity contribution in [2.24, 2.45) is 5.92 Å². The highest BCUT2D eigenvalue weighted by Gasteiger charge is 2.15. The summed E-state index contributed by atoms with van der Waals surface area (Å²) >= 11 is 0. The number of rotatable bonds is 8. The molecule has 0 atom stereocenters. The summed E-state index contributed by atoms with van der Waals surface area (Å²) in [6.07, 6.45) is 2.68. The summed E-state index contributed by atoms with van der Waals surface area (Å²) in [5.74, 6) is 0.868. The molecule has 0 bridgehead atoms. The zero-order valence-corrected chi connectivity index (χ0v) is 11.7. The molecule has 0 amide bonds. The van der Waals surface area contributed by atoms with Gasteiger partial charge in [0.25, 0.3) is 0 Å². The lowest BCUT2D eigenvalue weighted by Gasteiger charge is -2.29. The summed E-state index contributed by atoms with van der Waals surface area (Å²) in [5.41, 5.74) is 0. The van der Waals surface area contributed by atoms with Crippen molar-refractivity contribution in [1.82, 2.24) is 15.1 Å². The van der Waals surface area contributed by atoms with Crippen LogP contribution in [0.4, 0.5) is 0 Å². The molecule has 0 aromatic heterocycles. The minimum absolute atomic E-state index is 0.834. The van der Waals surface area contributed by atoms with Gasteiger partial charge in [-0.25, -0.2) is 0 Å². The SMILES string of the molecule is CN(C)CCOCCNCC1CCN(C)CC1. The van der Waals surface area contributed by atoms with Gasteiger partial charge in [0, 0.05) is 13.1 Å². The van der Waals surface area contributed by atoms with Crippen LogP contribution in [0.3, 0.4) is 0 Å². The molecule has 0 saturated carbocycles. The van der Waals surface area contributed by atoms with Gasteiger partial charge in [-0.2, -0.15) is 0 Å². The quantitative estimate of drug-likeness (QED) is 0.628. The fourth-order valence-electron chi connectivity index (χ4n) is 2.07. The van der Waals surface area contributed by atoms with Crippen LogP contribution in [0.5, 0.6) is 0 Å². The van der Waals surface area contributed by atoms with Crippen molar-refractivity contribution in [3.8, 4) is 0 Å². The second kappa shape index (κ2) is 8.86. The summed E-state index contributed by atoms with van der Waals surface area (Å²) in [6, 6.07) is 0. The third-order valence-corrected chi connectivity index (χ3v) is 3.38. The van der Waals surface area contributed by atoms with E-state index >= 15 is 0 Å². The first-order chi connectivity index (χ1) is 8.18. The molecular formula is C13H29N3O. The monoisotopic (exact) mass is 243 g/mol. The van der Waals surface area contributed by atoms with Crippen molar-refractivity contribution in [3.05, 3.63) is 0 Å². The van der Waals surface area contributed by atoms with E-state index in [1.165, 1.54) is 25.9 Å². The van der Waals surface area contributed by atoms with Gasteiger partial charge in [0.2, 0.25) is 0 Å². The Hall–Kier alpha value is -0.160. The molecule has 1 heterocycles. The number of likely N-dealkylation sites (N-methyl/N-ethyl adjacent to an activating group) is 1. The van der Waals surface area contributed by atoms with Gasteiger partial charge < -0.3 is 19.9 Å². The van der Waals surface area contributed by atoms with Gasteiger partial charge in [-0.3, -0.25) is 0 Å². The molecule has 4 heteroatoms. The minimum atomic E-state index is 0.834. The van der Waals surface area contributed by atoms with Gasteiger partial charge in [0.1, 0.15) is 0 Å². The maximum atomic E-state index is 5.54. The molecule has 1 aliphatic heterocycles. The lowest BCUT2D eigenvalue weighted by Crippen LogP contribution is -2.35. The van der Waals surface area contributed by atoms with Gasteiger partial charge in [-0.1, -0.05) is 0 Å². The predicted molar refractivity (Wildman–Crippen MR) is 72.5 cm³/mol. The van der Waals surface area contributed by atoms with Crippen molar-refractivity contribution in [1.29, 1.82) is 0 Å². The van der Waals surface area contributed by atoms with Crippen molar-refractivity contribution in [2.75, 3.05) is 67.1 Å². The summed E-state index contributed by atoms with van der Waals surface area (Å²) in [5, 5.41) is 3.50. The van der Waals surface area contributed by atoms with Crippen LogP contribution in [-0.2, 0) is 4.74 Å². The van der Waals surface area contributed by atoms with Gasteiger partial charge in [-0.05, 0) is 59.5 Å². The molecule has 1 rings (SSSR count). The van der Waals surface area contributed by atoms with E-state index in [0.717, 1.165) is 38.8 Å². The first kappa shape index (κ1) is 14.9. The van der Waals surface area contributed by atoms with E-state index in [0.29, 0.717) is 0 Å². The molecule has 102 valence electrons. The smallest absolute Gasteiger partial charge is 0.0593 e. The first-order valence-corrected chi connectivity index (χ1v) is 6.80. The number of hydrogen-bond acceptors (Lipinski definition) is 4. The Morgan fingerprint density at radius 2 is 1.94 bits per heavy atom. The number of piperidine rings is 1. The normalized spacial score (nSPS) is 19.1. The Bertz CT molecular complexity index is 180. The summed E-state index contributed by atoms with van der Waals surface area (Å²) < 4.78 is 5.54. The van der Waals surface area contributed by atoms with Crippen LogP contribution in [0.15, 0.2) is 0 Å². The lowest BCUT2D eigenvalue weighted by atomic mass is 9.97. The fraction of sp³-hybridized carbons (Fsp3) is 1.00. The van der Waals surface area contributed by atoms with E-state index in [4.69, 9.17) is 4.74 Å². The highest BCUT2D eigenvalue weighted by molar-refractivity contribution is 4.71. The van der Waals surface area contributed by atoms with E-state index in [-0.39, 0.29) is 0 Å². The third kappa shape index (κ3) is 7.71. The second-order valence-corrected chi connectivity index (χ2v) is 5.37. The van der Waals surface area contributed by atoms with E-state index in [2.05, 4.69) is 36.3 Å². The molecule has 0 radical (unpaired) electrons.